The number of carbonyl (C=O) groups is 2. The Balaban J connectivity index is 1.16. The van der Waals surface area contributed by atoms with Gasteiger partial charge in [-0.25, -0.2) is 4.98 Å². The van der Waals surface area contributed by atoms with E-state index in [1.54, 1.807) is 36.5 Å². The number of nitrogens with one attached hydrogen (secondary N) is 1. The minimum absolute atomic E-state index is 0.0649. The second-order valence-corrected chi connectivity index (χ2v) is 11.7. The van der Waals surface area contributed by atoms with Crippen LogP contribution in [0.15, 0.2) is 59.3 Å². The van der Waals surface area contributed by atoms with E-state index in [1.165, 1.54) is 12.3 Å². The zero-order valence-corrected chi connectivity index (χ0v) is 23.2. The molecule has 3 N–H and O–H groups in total. The van der Waals surface area contributed by atoms with Crippen LogP contribution < -0.4 is 11.1 Å². The van der Waals surface area contributed by atoms with E-state index >= 15 is 0 Å². The van der Waals surface area contributed by atoms with Gasteiger partial charge in [-0.2, -0.15) is 13.2 Å². The van der Waals surface area contributed by atoms with Gasteiger partial charge >= 0.3 is 6.18 Å². The summed E-state index contributed by atoms with van der Waals surface area (Å²) in [6, 6.07) is 10.6. The third kappa shape index (κ3) is 5.31. The number of anilines is 1. The van der Waals surface area contributed by atoms with Gasteiger partial charge in [0, 0.05) is 42.9 Å². The monoisotopic (exact) mass is 577 g/mol. The maximum Gasteiger partial charge on any atom is 0.420 e. The minimum atomic E-state index is -4.68. The van der Waals surface area contributed by atoms with Crippen LogP contribution in [0.1, 0.15) is 47.5 Å². The number of hydrogen-bond acceptors (Lipinski definition) is 6. The number of aryl methyl sites for hydroxylation is 1. The smallest absolute Gasteiger partial charge is 0.420 e. The molecular weight excluding hydrogens is 547 g/mol. The van der Waals surface area contributed by atoms with Crippen molar-refractivity contribution in [1.82, 2.24) is 20.2 Å². The molecule has 11 heteroatoms. The first kappa shape index (κ1) is 27.7. The number of alkyl halides is 3. The average molecular weight is 578 g/mol. The van der Waals surface area contributed by atoms with Crippen molar-refractivity contribution >= 4 is 28.6 Å². The van der Waals surface area contributed by atoms with Crippen LogP contribution in [0.2, 0.25) is 0 Å². The van der Waals surface area contributed by atoms with Crippen molar-refractivity contribution in [3.05, 3.63) is 77.3 Å². The van der Waals surface area contributed by atoms with Gasteiger partial charge in [0.05, 0.1) is 23.4 Å². The first-order valence-electron chi connectivity index (χ1n) is 13.8. The summed E-state index contributed by atoms with van der Waals surface area (Å²) >= 11 is 0. The highest BCUT2D eigenvalue weighted by Crippen LogP contribution is 2.62. The summed E-state index contributed by atoms with van der Waals surface area (Å²) in [5, 5.41) is 2.92. The van der Waals surface area contributed by atoms with Crippen LogP contribution in [0, 0.1) is 17.3 Å². The lowest BCUT2D eigenvalue weighted by Gasteiger charge is -2.22. The van der Waals surface area contributed by atoms with Crippen molar-refractivity contribution in [1.29, 1.82) is 0 Å². The number of pyridine rings is 2. The summed E-state index contributed by atoms with van der Waals surface area (Å²) in [7, 11) is 0. The van der Waals surface area contributed by atoms with E-state index < -0.39 is 11.7 Å². The van der Waals surface area contributed by atoms with Gasteiger partial charge in [-0.1, -0.05) is 19.9 Å². The molecular formula is C31H30F3N5O3. The quantitative estimate of drug-likeness (QED) is 0.301. The Morgan fingerprint density at radius 2 is 1.83 bits per heavy atom. The Morgan fingerprint density at radius 1 is 1.07 bits per heavy atom. The van der Waals surface area contributed by atoms with Crippen molar-refractivity contribution in [3.8, 4) is 11.3 Å². The predicted molar refractivity (Wildman–Crippen MR) is 150 cm³/mol. The number of carbonyl (C=O) groups excluding carboxylic acids is 2. The molecule has 0 spiro atoms. The van der Waals surface area contributed by atoms with Crippen LogP contribution in [0.4, 0.5) is 19.0 Å². The van der Waals surface area contributed by atoms with Crippen molar-refractivity contribution in [2.45, 2.75) is 39.4 Å². The first-order chi connectivity index (χ1) is 19.9. The molecule has 2 fully saturated rings. The summed E-state index contributed by atoms with van der Waals surface area (Å²) < 4.78 is 47.7. The number of nitrogens with zero attached hydrogens (tertiary/aromatic N) is 3. The maximum atomic E-state index is 14.0. The van der Waals surface area contributed by atoms with Gasteiger partial charge < -0.3 is 20.4 Å². The molecule has 218 valence electrons. The van der Waals surface area contributed by atoms with Crippen molar-refractivity contribution in [2.24, 2.45) is 17.3 Å². The zero-order valence-electron chi connectivity index (χ0n) is 23.2. The van der Waals surface area contributed by atoms with Crippen LogP contribution in [-0.4, -0.2) is 39.8 Å². The molecule has 0 radical (unpaired) electrons. The number of piperidine rings is 1. The molecule has 1 saturated carbocycles. The molecule has 1 aliphatic heterocycles. The van der Waals surface area contributed by atoms with Gasteiger partial charge in [0.25, 0.3) is 5.91 Å². The fourth-order valence-corrected chi connectivity index (χ4v) is 5.94. The topological polar surface area (TPSA) is 114 Å². The van der Waals surface area contributed by atoms with E-state index in [4.69, 9.17) is 10.2 Å². The highest BCUT2D eigenvalue weighted by Gasteiger charge is 2.62. The molecule has 2 aliphatic rings. The highest BCUT2D eigenvalue weighted by atomic mass is 19.4. The highest BCUT2D eigenvalue weighted by molar-refractivity contribution is 5.95. The molecule has 1 aromatic carbocycles. The van der Waals surface area contributed by atoms with Gasteiger partial charge in [-0.15, -0.1) is 0 Å². The van der Waals surface area contributed by atoms with Crippen LogP contribution >= 0.6 is 0 Å². The number of amides is 2. The summed E-state index contributed by atoms with van der Waals surface area (Å²) in [5.74, 6) is 1.21. The van der Waals surface area contributed by atoms with Gasteiger partial charge in [-0.05, 0) is 65.6 Å². The number of likely N-dealkylation sites (tertiary alicyclic amines) is 1. The van der Waals surface area contributed by atoms with Crippen LogP contribution in [0.25, 0.3) is 22.2 Å². The predicted octanol–water partition coefficient (Wildman–Crippen LogP) is 5.47. The van der Waals surface area contributed by atoms with E-state index in [9.17, 15) is 22.8 Å². The summed E-state index contributed by atoms with van der Waals surface area (Å²) in [6.07, 6.45) is -1.06. The second kappa shape index (κ2) is 10.1. The molecule has 2 amide bonds. The fourth-order valence-electron chi connectivity index (χ4n) is 5.94. The van der Waals surface area contributed by atoms with Gasteiger partial charge in [-0.3, -0.25) is 14.6 Å². The van der Waals surface area contributed by atoms with Crippen LogP contribution in [0.5, 0.6) is 0 Å². The third-order valence-electron chi connectivity index (χ3n) is 8.64. The Kier molecular flexibility index (Phi) is 6.70. The lowest BCUT2D eigenvalue weighted by molar-refractivity contribution is -0.136. The van der Waals surface area contributed by atoms with E-state index in [2.05, 4.69) is 29.1 Å². The Labute approximate surface area is 240 Å². The largest absolute Gasteiger partial charge is 0.459 e. The molecule has 6 rings (SSSR count). The molecule has 3 aromatic heterocycles. The number of hydrogen-bond donors (Lipinski definition) is 2. The van der Waals surface area contributed by atoms with E-state index in [1.807, 2.05) is 4.90 Å². The standard InChI is InChI=1S/C31H30F3N5O3/c1-30(2)23-15-39(16-24(23)30)29(41)18-5-6-25(36-13-18)19-9-20-10-21(42-28(20)22(11-19)31(32,33)34)14-38-27(40)8-4-17-3-7-26(35)37-12-17/h3,5-7,9-13,23-24H,4,8,14-16H2,1-2H3,(H2,35,37)(H,38,40). The number of nitrogens with two attached hydrogens (primary N) is 1. The number of fused-ring (bicyclic) bond motifs is 2. The van der Waals surface area contributed by atoms with Gasteiger partial charge in [0.15, 0.2) is 0 Å². The van der Waals surface area contributed by atoms with Crippen molar-refractivity contribution in [2.75, 3.05) is 18.8 Å². The van der Waals surface area contributed by atoms with E-state index in [-0.39, 0.29) is 52.5 Å². The summed E-state index contributed by atoms with van der Waals surface area (Å²) in [4.78, 5) is 35.4. The molecule has 2 atom stereocenters. The van der Waals surface area contributed by atoms with Crippen LogP contribution in [0.3, 0.4) is 0 Å². The summed E-state index contributed by atoms with van der Waals surface area (Å²) in [5.41, 5.74) is 6.39. The first-order valence-corrected chi connectivity index (χ1v) is 13.8. The number of benzene rings is 1. The number of halogens is 3. The number of rotatable bonds is 7. The number of furan rings is 1. The zero-order chi connectivity index (χ0) is 29.8. The molecule has 0 bridgehead atoms. The minimum Gasteiger partial charge on any atom is -0.459 e. The Morgan fingerprint density at radius 3 is 2.48 bits per heavy atom. The van der Waals surface area contributed by atoms with Crippen molar-refractivity contribution in [3.63, 3.8) is 0 Å². The summed E-state index contributed by atoms with van der Waals surface area (Å²) in [6.45, 7) is 5.80. The molecule has 2 unspecified atom stereocenters. The maximum absolute atomic E-state index is 14.0. The molecule has 4 aromatic rings. The second-order valence-electron chi connectivity index (χ2n) is 11.7. The molecule has 8 nitrogen and oxygen atoms in total. The lowest BCUT2D eigenvalue weighted by Crippen LogP contribution is -2.32. The number of aromatic nitrogens is 2. The van der Waals surface area contributed by atoms with Crippen molar-refractivity contribution < 1.29 is 27.2 Å². The van der Waals surface area contributed by atoms with Gasteiger partial charge in [0.1, 0.15) is 17.2 Å². The van der Waals surface area contributed by atoms with Gasteiger partial charge in [0.2, 0.25) is 5.91 Å². The third-order valence-corrected chi connectivity index (χ3v) is 8.64. The normalized spacial score (nSPS) is 19.1. The number of nitrogen functional groups attached to an aromatic ring is 1. The lowest BCUT2D eigenvalue weighted by atomic mass is 10.0. The molecule has 1 aliphatic carbocycles. The Hall–Kier alpha value is -4.41. The molecule has 4 heterocycles. The van der Waals surface area contributed by atoms with E-state index in [0.29, 0.717) is 48.4 Å². The average Bonchev–Trinajstić information content (AvgIpc) is 3.36. The SMILES string of the molecule is CC1(C)C2CN(C(=O)c3ccc(-c4cc(C(F)(F)F)c5oc(CNC(=O)CCc6ccc(N)nc6)cc5c4)nc3)CC21. The van der Waals surface area contributed by atoms with Crippen LogP contribution in [-0.2, 0) is 23.9 Å². The fraction of sp³-hybridized carbons (Fsp3) is 0.355. The molecule has 42 heavy (non-hydrogen) atoms. The van der Waals surface area contributed by atoms with E-state index in [0.717, 1.165) is 11.6 Å². The Bertz CT molecular complexity index is 1650. The molecule has 1 saturated heterocycles.